The van der Waals surface area contributed by atoms with Gasteiger partial charge in [0.1, 0.15) is 22.0 Å². The quantitative estimate of drug-likeness (QED) is 0.0637. The zero-order valence-electron chi connectivity index (χ0n) is 24.3. The largest absolute Gasteiger partial charge is 1.00 e. The first-order valence-electron chi connectivity index (χ1n) is 12.9. The van der Waals surface area contributed by atoms with Crippen LogP contribution in [-0.4, -0.2) is 33.0 Å². The normalized spacial score (nSPS) is 11.8. The number of azo groups is 3. The van der Waals surface area contributed by atoms with Crippen LogP contribution in [0.5, 0.6) is 17.2 Å². The maximum absolute atomic E-state index is 13.0. The average molecular weight is 681 g/mol. The molecule has 0 unspecified atom stereocenters. The van der Waals surface area contributed by atoms with E-state index in [0.29, 0.717) is 23.2 Å². The van der Waals surface area contributed by atoms with Gasteiger partial charge in [0.25, 0.3) is 15.8 Å². The molecule has 0 heterocycles. The summed E-state index contributed by atoms with van der Waals surface area (Å²) in [5.41, 5.74) is -3.28. The number of hydrogen-bond donors (Lipinski definition) is 3. The van der Waals surface area contributed by atoms with Gasteiger partial charge in [0.05, 0.1) is 21.2 Å². The Morgan fingerprint density at radius 3 is 1.94 bits per heavy atom. The predicted octanol–water partition coefficient (Wildman–Crippen LogP) is 4.64. The fourth-order valence-electron chi connectivity index (χ4n) is 4.08. The Morgan fingerprint density at radius 2 is 1.27 bits per heavy atom. The first kappa shape index (κ1) is 35.1. The molecule has 0 aliphatic rings. The molecule has 5 rings (SSSR count). The van der Waals surface area contributed by atoms with Crippen LogP contribution in [0.2, 0.25) is 0 Å². The van der Waals surface area contributed by atoms with E-state index in [-0.39, 0.29) is 46.6 Å². The van der Waals surface area contributed by atoms with Gasteiger partial charge in [0, 0.05) is 23.6 Å². The average Bonchev–Trinajstić information content (AvgIpc) is 3.03. The molecule has 0 amide bonds. The van der Waals surface area contributed by atoms with E-state index in [1.165, 1.54) is 24.3 Å². The zero-order chi connectivity index (χ0) is 33.9. The molecule has 0 spiro atoms. The number of hydrogen-bond acceptors (Lipinski definition) is 15. The maximum Gasteiger partial charge on any atom is 1.00 e. The van der Waals surface area contributed by atoms with Crippen LogP contribution in [0.15, 0.2) is 121 Å². The van der Waals surface area contributed by atoms with E-state index in [0.717, 1.165) is 11.5 Å². The summed E-state index contributed by atoms with van der Waals surface area (Å²) in [4.78, 5) is 19.5. The van der Waals surface area contributed by atoms with Crippen molar-refractivity contribution in [2.45, 2.75) is 4.90 Å². The van der Waals surface area contributed by atoms with Gasteiger partial charge in [-0.1, -0.05) is 42.1 Å². The third kappa shape index (κ3) is 7.62. The molecule has 18 nitrogen and oxygen atoms in total. The topological polar surface area (TPSA) is 278 Å². The van der Waals surface area contributed by atoms with Gasteiger partial charge in [-0.3, -0.25) is 24.8 Å². The summed E-state index contributed by atoms with van der Waals surface area (Å²) in [5.74, 6) is -3.13. The summed E-state index contributed by atoms with van der Waals surface area (Å²) >= 11 is 0. The predicted molar refractivity (Wildman–Crippen MR) is 162 cm³/mol. The first-order chi connectivity index (χ1) is 22.3. The van der Waals surface area contributed by atoms with Gasteiger partial charge in [-0.2, -0.15) is 13.5 Å². The Labute approximate surface area is 290 Å². The number of non-ortho nitro benzene ring substituents is 1. The standard InChI is InChI=1S/C28H18N8O10S.Na/c37-24-14-21(31-29-16-8-10-17(11-9-16)35(40)41)25(33-30-20-7-3-5-15-4-1-2-6-19(15)20)28(39)26(24)34-32-22-12-18(47(44,45)46)13-23(27(22)38)36(42)43;/h1-14,37-39H,(H,44,45,46);/q;+1/p-1. The van der Waals surface area contributed by atoms with Gasteiger partial charge in [0.15, 0.2) is 11.4 Å². The summed E-state index contributed by atoms with van der Waals surface area (Å²) in [6.45, 7) is 0. The Kier molecular flexibility index (Phi) is 10.5. The van der Waals surface area contributed by atoms with Gasteiger partial charge in [-0.05, 0) is 35.7 Å². The van der Waals surface area contributed by atoms with Crippen LogP contribution in [0.3, 0.4) is 0 Å². The monoisotopic (exact) mass is 680 g/mol. The van der Waals surface area contributed by atoms with Gasteiger partial charge in [0.2, 0.25) is 5.75 Å². The molecule has 5 aromatic carbocycles. The Bertz CT molecular complexity index is 2280. The zero-order valence-corrected chi connectivity index (χ0v) is 27.1. The number of rotatable bonds is 9. The third-order valence-electron chi connectivity index (χ3n) is 6.35. The molecular formula is C28H17N8NaO10S. The summed E-state index contributed by atoms with van der Waals surface area (Å²) < 4.78 is 32.6. The molecule has 20 heteroatoms. The molecule has 0 radical (unpaired) electrons. The number of phenolic OH excluding ortho intramolecular Hbond substituents is 2. The molecule has 0 fully saturated rings. The fraction of sp³-hybridized carbons (Fsp3) is 0. The van der Waals surface area contributed by atoms with Crippen LogP contribution in [0.25, 0.3) is 10.8 Å². The summed E-state index contributed by atoms with van der Waals surface area (Å²) in [5, 5.41) is 81.5. The number of nitrogens with zero attached hydrogens (tertiary/aromatic N) is 8. The van der Waals surface area contributed by atoms with E-state index in [1.807, 2.05) is 18.2 Å². The molecule has 0 aliphatic heterocycles. The van der Waals surface area contributed by atoms with Crippen LogP contribution < -0.4 is 34.7 Å². The van der Waals surface area contributed by atoms with Crippen molar-refractivity contribution in [2.24, 2.45) is 30.7 Å². The van der Waals surface area contributed by atoms with E-state index in [2.05, 4.69) is 30.7 Å². The second-order valence-electron chi connectivity index (χ2n) is 9.35. The van der Waals surface area contributed by atoms with Crippen molar-refractivity contribution in [3.8, 4) is 17.2 Å². The molecule has 5 aromatic rings. The minimum absolute atomic E-state index is 0. The van der Waals surface area contributed by atoms with Gasteiger partial charge in [-0.15, -0.1) is 25.6 Å². The third-order valence-corrected chi connectivity index (χ3v) is 7.18. The van der Waals surface area contributed by atoms with E-state index in [9.17, 15) is 48.5 Å². The molecule has 0 saturated heterocycles. The molecule has 3 N–H and O–H groups in total. The minimum atomic E-state index is -5.01. The van der Waals surface area contributed by atoms with Crippen molar-refractivity contribution in [3.63, 3.8) is 0 Å². The van der Waals surface area contributed by atoms with Crippen LogP contribution in [0.1, 0.15) is 0 Å². The summed E-state index contributed by atoms with van der Waals surface area (Å²) in [7, 11) is -5.01. The number of phenols is 2. The van der Waals surface area contributed by atoms with Crippen LogP contribution in [0.4, 0.5) is 45.5 Å². The van der Waals surface area contributed by atoms with Crippen molar-refractivity contribution in [1.29, 1.82) is 0 Å². The molecule has 0 saturated carbocycles. The van der Waals surface area contributed by atoms with Gasteiger partial charge >= 0.3 is 35.2 Å². The summed E-state index contributed by atoms with van der Waals surface area (Å²) in [6, 6.07) is 19.0. The molecule has 0 atom stereocenters. The van der Waals surface area contributed by atoms with Crippen molar-refractivity contribution in [2.75, 3.05) is 0 Å². The Hall–Kier alpha value is -5.73. The number of benzene rings is 5. The Morgan fingerprint density at radius 1 is 0.646 bits per heavy atom. The molecule has 0 bridgehead atoms. The number of nitro benzene ring substituents is 2. The molecule has 48 heavy (non-hydrogen) atoms. The fourth-order valence-corrected chi connectivity index (χ4v) is 4.60. The van der Waals surface area contributed by atoms with E-state index < -0.39 is 64.9 Å². The van der Waals surface area contributed by atoms with Crippen LogP contribution in [0, 0.1) is 20.2 Å². The second kappa shape index (κ2) is 14.4. The maximum atomic E-state index is 13.0. The number of nitro groups is 2. The van der Waals surface area contributed by atoms with Crippen LogP contribution >= 0.6 is 0 Å². The van der Waals surface area contributed by atoms with Crippen molar-refractivity contribution < 1.29 is 67.7 Å². The summed E-state index contributed by atoms with van der Waals surface area (Å²) in [6.07, 6.45) is 0. The first-order valence-corrected chi connectivity index (χ1v) is 14.3. The van der Waals surface area contributed by atoms with Gasteiger partial charge < -0.3 is 15.3 Å². The molecule has 0 aliphatic carbocycles. The Balaban J connectivity index is 0.00000520. The van der Waals surface area contributed by atoms with Gasteiger partial charge in [-0.25, -0.2) is 0 Å². The van der Waals surface area contributed by atoms with E-state index in [4.69, 9.17) is 0 Å². The number of aromatic hydroxyl groups is 2. The van der Waals surface area contributed by atoms with Crippen molar-refractivity contribution in [3.05, 3.63) is 105 Å². The van der Waals surface area contributed by atoms with E-state index in [1.54, 1.807) is 24.3 Å². The van der Waals surface area contributed by atoms with Crippen molar-refractivity contribution in [1.82, 2.24) is 0 Å². The smallest absolute Gasteiger partial charge is 0.871 e. The second-order valence-corrected chi connectivity index (χ2v) is 10.8. The molecule has 236 valence electrons. The number of fused-ring (bicyclic) bond motifs is 1. The molecule has 0 aromatic heterocycles. The molecular weight excluding hydrogens is 663 g/mol. The SMILES string of the molecule is O=[N+]([O-])c1ccc(N=Nc2cc([O-])c(N=Nc3cc(S(=O)(=O)O)cc([N+](=O)[O-])c3O)c(O)c2N=Nc2cccc3ccccc23)cc1.[Na+]. The van der Waals surface area contributed by atoms with E-state index >= 15 is 0 Å². The van der Waals surface area contributed by atoms with Crippen LogP contribution in [-0.2, 0) is 10.1 Å². The van der Waals surface area contributed by atoms with Crippen molar-refractivity contribution >= 4 is 66.4 Å². The minimum Gasteiger partial charge on any atom is -0.871 e.